The van der Waals surface area contributed by atoms with Gasteiger partial charge in [0.15, 0.2) is 0 Å². The van der Waals surface area contributed by atoms with Gasteiger partial charge in [-0.25, -0.2) is 0 Å². The molecule has 0 N–H and O–H groups in total. The Kier molecular flexibility index (Phi) is 3.76. The van der Waals surface area contributed by atoms with Crippen molar-refractivity contribution in [3.05, 3.63) is 0 Å². The van der Waals surface area contributed by atoms with Crippen LogP contribution in [-0.4, -0.2) is 36.1 Å². The summed E-state index contributed by atoms with van der Waals surface area (Å²) in [6.07, 6.45) is 5.11. The summed E-state index contributed by atoms with van der Waals surface area (Å²) in [6, 6.07) is 0.971. The van der Waals surface area contributed by atoms with Crippen LogP contribution in [0, 0.1) is 5.41 Å². The van der Waals surface area contributed by atoms with Gasteiger partial charge in [-0.05, 0) is 31.1 Å². The molecule has 1 saturated carbocycles. The first-order chi connectivity index (χ1) is 7.97. The molecular weight excluding hydrogens is 214 g/mol. The topological polar surface area (TPSA) is 29.5 Å². The summed E-state index contributed by atoms with van der Waals surface area (Å²) in [5, 5.41) is 0. The number of hydrogen-bond donors (Lipinski definition) is 0. The molecule has 1 aliphatic heterocycles. The van der Waals surface area contributed by atoms with Gasteiger partial charge in [-0.1, -0.05) is 20.8 Å². The second-order valence-electron chi connectivity index (χ2n) is 6.61. The molecule has 1 heterocycles. The van der Waals surface area contributed by atoms with E-state index in [1.807, 2.05) is 0 Å². The number of nitrogens with zero attached hydrogens (tertiary/aromatic N) is 1. The lowest BCUT2D eigenvalue weighted by Crippen LogP contribution is -2.45. The van der Waals surface area contributed by atoms with E-state index in [4.69, 9.17) is 4.74 Å². The van der Waals surface area contributed by atoms with Crippen LogP contribution in [0.5, 0.6) is 0 Å². The highest BCUT2D eigenvalue weighted by atomic mass is 16.5. The van der Waals surface area contributed by atoms with Gasteiger partial charge in [0, 0.05) is 31.7 Å². The third-order valence-corrected chi connectivity index (χ3v) is 3.49. The lowest BCUT2D eigenvalue weighted by molar-refractivity contribution is -0.138. The molecule has 0 spiro atoms. The molecule has 2 fully saturated rings. The molecule has 1 saturated heterocycles. The number of carbonyl (C=O) groups is 1. The van der Waals surface area contributed by atoms with Crippen molar-refractivity contribution in [2.75, 3.05) is 13.2 Å². The summed E-state index contributed by atoms with van der Waals surface area (Å²) in [6.45, 7) is 8.05. The van der Waals surface area contributed by atoms with Crippen LogP contribution in [0.2, 0.25) is 0 Å². The summed E-state index contributed by atoms with van der Waals surface area (Å²) >= 11 is 0. The van der Waals surface area contributed by atoms with E-state index in [2.05, 4.69) is 25.7 Å². The Balaban J connectivity index is 1.98. The molecule has 0 radical (unpaired) electrons. The molecule has 2 aliphatic rings. The fraction of sp³-hybridized carbons (Fsp3) is 0.929. The van der Waals surface area contributed by atoms with Crippen molar-refractivity contribution in [1.82, 2.24) is 4.90 Å². The Morgan fingerprint density at radius 1 is 1.12 bits per heavy atom. The van der Waals surface area contributed by atoms with E-state index in [-0.39, 0.29) is 5.41 Å². The average molecular weight is 239 g/mol. The molecule has 2 rings (SSSR count). The number of ether oxygens (including phenoxy) is 1. The van der Waals surface area contributed by atoms with Gasteiger partial charge in [-0.3, -0.25) is 4.79 Å². The zero-order valence-electron chi connectivity index (χ0n) is 11.4. The zero-order valence-corrected chi connectivity index (χ0v) is 11.4. The molecule has 0 aromatic rings. The van der Waals surface area contributed by atoms with Crippen LogP contribution in [0.15, 0.2) is 0 Å². The summed E-state index contributed by atoms with van der Waals surface area (Å²) in [4.78, 5) is 14.6. The number of rotatable bonds is 3. The highest BCUT2D eigenvalue weighted by molar-refractivity contribution is 5.78. The number of hydrogen-bond acceptors (Lipinski definition) is 2. The molecule has 0 aromatic carbocycles. The van der Waals surface area contributed by atoms with E-state index in [1.54, 1.807) is 0 Å². The van der Waals surface area contributed by atoms with E-state index in [9.17, 15) is 4.79 Å². The van der Waals surface area contributed by atoms with Gasteiger partial charge in [0.1, 0.15) is 0 Å². The van der Waals surface area contributed by atoms with E-state index in [1.165, 1.54) is 12.8 Å². The van der Waals surface area contributed by atoms with E-state index in [0.717, 1.165) is 26.1 Å². The molecule has 0 atom stereocenters. The quantitative estimate of drug-likeness (QED) is 0.757. The first kappa shape index (κ1) is 12.9. The van der Waals surface area contributed by atoms with Gasteiger partial charge < -0.3 is 9.64 Å². The Bertz CT molecular complexity index is 272. The maximum Gasteiger partial charge on any atom is 0.223 e. The van der Waals surface area contributed by atoms with Gasteiger partial charge in [-0.2, -0.15) is 0 Å². The summed E-state index contributed by atoms with van der Waals surface area (Å²) < 4.78 is 5.39. The van der Waals surface area contributed by atoms with Crippen LogP contribution in [0.25, 0.3) is 0 Å². The molecule has 3 heteroatoms. The van der Waals surface area contributed by atoms with E-state index < -0.39 is 0 Å². The number of amides is 1. The fourth-order valence-electron chi connectivity index (χ4n) is 2.57. The maximum atomic E-state index is 12.4. The molecule has 1 amide bonds. The van der Waals surface area contributed by atoms with Crippen LogP contribution in [-0.2, 0) is 9.53 Å². The van der Waals surface area contributed by atoms with Crippen LogP contribution in [0.3, 0.4) is 0 Å². The standard InChI is InChI=1S/C14H25NO2/c1-14(2,3)10-13(16)15(11-4-5-11)12-6-8-17-9-7-12/h11-12H,4-10H2,1-3H3. The Hall–Kier alpha value is -0.570. The summed E-state index contributed by atoms with van der Waals surface area (Å²) in [5.74, 6) is 0.354. The normalized spacial score (nSPS) is 22.5. The first-order valence-electron chi connectivity index (χ1n) is 6.86. The maximum absolute atomic E-state index is 12.4. The predicted molar refractivity (Wildman–Crippen MR) is 67.8 cm³/mol. The van der Waals surface area contributed by atoms with Gasteiger partial charge >= 0.3 is 0 Å². The van der Waals surface area contributed by atoms with Crippen molar-refractivity contribution >= 4 is 5.91 Å². The van der Waals surface area contributed by atoms with Crippen LogP contribution in [0.4, 0.5) is 0 Å². The predicted octanol–water partition coefficient (Wildman–Crippen LogP) is 2.59. The van der Waals surface area contributed by atoms with Crippen LogP contribution < -0.4 is 0 Å². The molecule has 1 aliphatic carbocycles. The highest BCUT2D eigenvalue weighted by Crippen LogP contribution is 2.33. The summed E-state index contributed by atoms with van der Waals surface area (Å²) in [5.41, 5.74) is 0.0926. The minimum Gasteiger partial charge on any atom is -0.381 e. The first-order valence-corrected chi connectivity index (χ1v) is 6.86. The van der Waals surface area contributed by atoms with Crippen molar-refractivity contribution in [3.8, 4) is 0 Å². The molecule has 0 bridgehead atoms. The Labute approximate surface area is 105 Å². The van der Waals surface area contributed by atoms with E-state index >= 15 is 0 Å². The largest absolute Gasteiger partial charge is 0.381 e. The highest BCUT2D eigenvalue weighted by Gasteiger charge is 2.38. The lowest BCUT2D eigenvalue weighted by Gasteiger charge is -2.36. The minimum absolute atomic E-state index is 0.0926. The summed E-state index contributed by atoms with van der Waals surface area (Å²) in [7, 11) is 0. The molecule has 0 unspecified atom stereocenters. The average Bonchev–Trinajstić information content (AvgIpc) is 3.01. The third kappa shape index (κ3) is 3.70. The SMILES string of the molecule is CC(C)(C)CC(=O)N(C1CCOCC1)C1CC1. The molecule has 0 aromatic heterocycles. The number of carbonyl (C=O) groups excluding carboxylic acids is 1. The van der Waals surface area contributed by atoms with Crippen molar-refractivity contribution in [2.45, 2.75) is 65.0 Å². The molecule has 3 nitrogen and oxygen atoms in total. The second-order valence-corrected chi connectivity index (χ2v) is 6.61. The van der Waals surface area contributed by atoms with Gasteiger partial charge in [0.05, 0.1) is 0 Å². The van der Waals surface area contributed by atoms with Gasteiger partial charge in [-0.15, -0.1) is 0 Å². The zero-order chi connectivity index (χ0) is 12.5. The van der Waals surface area contributed by atoms with Gasteiger partial charge in [0.25, 0.3) is 0 Å². The molecule has 17 heavy (non-hydrogen) atoms. The van der Waals surface area contributed by atoms with Crippen LogP contribution in [0.1, 0.15) is 52.9 Å². The van der Waals surface area contributed by atoms with Crippen LogP contribution >= 0.6 is 0 Å². The second kappa shape index (κ2) is 4.97. The monoisotopic (exact) mass is 239 g/mol. The van der Waals surface area contributed by atoms with Crippen molar-refractivity contribution in [3.63, 3.8) is 0 Å². The Morgan fingerprint density at radius 3 is 2.12 bits per heavy atom. The fourth-order valence-corrected chi connectivity index (χ4v) is 2.57. The molecular formula is C14H25NO2. The Morgan fingerprint density at radius 2 is 1.65 bits per heavy atom. The minimum atomic E-state index is 0.0926. The van der Waals surface area contributed by atoms with E-state index in [0.29, 0.717) is 24.4 Å². The van der Waals surface area contributed by atoms with Gasteiger partial charge in [0.2, 0.25) is 5.91 Å². The third-order valence-electron chi connectivity index (χ3n) is 3.49. The van der Waals surface area contributed by atoms with Crippen molar-refractivity contribution in [1.29, 1.82) is 0 Å². The lowest BCUT2D eigenvalue weighted by atomic mass is 9.91. The smallest absolute Gasteiger partial charge is 0.223 e. The van der Waals surface area contributed by atoms with Crippen molar-refractivity contribution in [2.24, 2.45) is 5.41 Å². The molecule has 98 valence electrons. The van der Waals surface area contributed by atoms with Crippen molar-refractivity contribution < 1.29 is 9.53 Å².